The van der Waals surface area contributed by atoms with Gasteiger partial charge in [0.15, 0.2) is 0 Å². The predicted octanol–water partition coefficient (Wildman–Crippen LogP) is 4.66. The van der Waals surface area contributed by atoms with E-state index in [2.05, 4.69) is 57.9 Å². The first-order valence-corrected chi connectivity index (χ1v) is 6.98. The Morgan fingerprint density at radius 2 is 2.06 bits per heavy atom. The van der Waals surface area contributed by atoms with Crippen molar-refractivity contribution in [2.24, 2.45) is 0 Å². The first-order valence-electron chi connectivity index (χ1n) is 4.99. The molecule has 0 N–H and O–H groups in total. The van der Waals surface area contributed by atoms with Gasteiger partial charge in [-0.3, -0.25) is 0 Å². The van der Waals surface area contributed by atoms with Gasteiger partial charge in [-0.15, -0.1) is 0 Å². The molecule has 1 heterocycles. The van der Waals surface area contributed by atoms with Crippen molar-refractivity contribution in [1.82, 2.24) is 9.97 Å². The molecule has 2 rings (SSSR count). The second kappa shape index (κ2) is 5.38. The topological polar surface area (TPSA) is 25.8 Å². The minimum Gasteiger partial charge on any atom is -0.225 e. The summed E-state index contributed by atoms with van der Waals surface area (Å²) in [6.07, 6.45) is 1.67. The van der Waals surface area contributed by atoms with Crippen LogP contribution in [0.2, 0.25) is 5.28 Å². The Morgan fingerprint density at radius 3 is 2.82 bits per heavy atom. The maximum absolute atomic E-state index is 5.80. The molecule has 2 aromatic rings. The molecular formula is C12H10BrClN2S. The third kappa shape index (κ3) is 3.21. The van der Waals surface area contributed by atoms with E-state index >= 15 is 0 Å². The molecule has 0 saturated heterocycles. The second-order valence-electron chi connectivity index (χ2n) is 3.66. The molecule has 0 bridgehead atoms. The smallest absolute Gasteiger partial charge is 0.223 e. The third-order valence-corrected chi connectivity index (χ3v) is 4.42. The number of halogens is 2. The number of benzene rings is 1. The normalized spacial score (nSPS) is 10.6. The monoisotopic (exact) mass is 328 g/mol. The summed E-state index contributed by atoms with van der Waals surface area (Å²) in [6, 6.07) is 6.35. The summed E-state index contributed by atoms with van der Waals surface area (Å²) < 4.78 is 0.854. The van der Waals surface area contributed by atoms with Crippen LogP contribution >= 0.6 is 39.3 Å². The molecule has 0 aliphatic heterocycles. The third-order valence-electron chi connectivity index (χ3n) is 2.23. The Kier molecular flexibility index (Phi) is 4.07. The van der Waals surface area contributed by atoms with E-state index < -0.39 is 0 Å². The number of hydrogen-bond donors (Lipinski definition) is 0. The molecule has 0 fully saturated rings. The van der Waals surface area contributed by atoms with Gasteiger partial charge in [-0.1, -0.05) is 23.9 Å². The van der Waals surface area contributed by atoms with Gasteiger partial charge in [0.05, 0.1) is 4.47 Å². The van der Waals surface area contributed by atoms with Gasteiger partial charge in [-0.05, 0) is 58.6 Å². The lowest BCUT2D eigenvalue weighted by atomic mass is 10.2. The average molecular weight is 330 g/mol. The summed E-state index contributed by atoms with van der Waals surface area (Å²) in [6.45, 7) is 4.16. The van der Waals surface area contributed by atoms with Crippen molar-refractivity contribution in [2.45, 2.75) is 23.8 Å². The summed E-state index contributed by atoms with van der Waals surface area (Å²) in [5, 5.41) is 1.10. The predicted molar refractivity (Wildman–Crippen MR) is 74.8 cm³/mol. The molecule has 0 aliphatic rings. The van der Waals surface area contributed by atoms with E-state index in [1.54, 1.807) is 18.0 Å². The highest BCUT2D eigenvalue weighted by Gasteiger charge is 2.08. The molecule has 17 heavy (non-hydrogen) atoms. The number of nitrogens with zero attached hydrogens (tertiary/aromatic N) is 2. The summed E-state index contributed by atoms with van der Waals surface area (Å²) in [5.74, 6) is 0. The van der Waals surface area contributed by atoms with Crippen LogP contribution in [0.3, 0.4) is 0 Å². The van der Waals surface area contributed by atoms with Gasteiger partial charge in [-0.25, -0.2) is 9.97 Å². The van der Waals surface area contributed by atoms with Crippen molar-refractivity contribution < 1.29 is 0 Å². The van der Waals surface area contributed by atoms with Crippen molar-refractivity contribution in [2.75, 3.05) is 0 Å². The zero-order valence-corrected chi connectivity index (χ0v) is 12.5. The zero-order valence-electron chi connectivity index (χ0n) is 9.37. The number of hydrogen-bond acceptors (Lipinski definition) is 3. The lowest BCUT2D eigenvalue weighted by Gasteiger charge is -2.07. The molecular weight excluding hydrogens is 320 g/mol. The Hall–Kier alpha value is -0.580. The maximum atomic E-state index is 5.80. The first kappa shape index (κ1) is 12.9. The molecule has 1 aromatic carbocycles. The van der Waals surface area contributed by atoms with Crippen LogP contribution in [-0.2, 0) is 0 Å². The highest BCUT2D eigenvalue weighted by atomic mass is 79.9. The number of aromatic nitrogens is 2. The van der Waals surface area contributed by atoms with Crippen molar-refractivity contribution in [3.05, 3.63) is 45.3 Å². The summed E-state index contributed by atoms with van der Waals surface area (Å²) in [7, 11) is 0. The zero-order chi connectivity index (χ0) is 12.4. The first-order chi connectivity index (χ1) is 8.06. The fourth-order valence-corrected chi connectivity index (χ4v) is 2.91. The highest BCUT2D eigenvalue weighted by molar-refractivity contribution is 9.10. The van der Waals surface area contributed by atoms with Crippen molar-refractivity contribution in [3.8, 4) is 0 Å². The fourth-order valence-electron chi connectivity index (χ4n) is 1.32. The standard InChI is InChI=1S/C12H10BrClN2S/c1-7-3-4-8(2)10(5-7)17-11-9(13)6-15-12(14)16-11/h3-6H,1-2H3. The molecule has 2 nitrogen and oxygen atoms in total. The van der Waals surface area contributed by atoms with Crippen molar-refractivity contribution in [3.63, 3.8) is 0 Å². The van der Waals surface area contributed by atoms with Gasteiger partial charge < -0.3 is 0 Å². The molecule has 0 atom stereocenters. The molecule has 0 spiro atoms. The summed E-state index contributed by atoms with van der Waals surface area (Å²) >= 11 is 10.8. The maximum Gasteiger partial charge on any atom is 0.223 e. The van der Waals surface area contributed by atoms with Gasteiger partial charge in [0, 0.05) is 11.1 Å². The molecule has 0 saturated carbocycles. The van der Waals surface area contributed by atoms with Crippen molar-refractivity contribution >= 4 is 39.3 Å². The number of rotatable bonds is 2. The van der Waals surface area contributed by atoms with Crippen LogP contribution in [-0.4, -0.2) is 9.97 Å². The summed E-state index contributed by atoms with van der Waals surface area (Å²) in [5.41, 5.74) is 2.46. The molecule has 0 aliphatic carbocycles. The SMILES string of the molecule is Cc1ccc(C)c(Sc2nc(Cl)ncc2Br)c1. The average Bonchev–Trinajstić information content (AvgIpc) is 2.28. The lowest BCUT2D eigenvalue weighted by molar-refractivity contribution is 1.02. The fraction of sp³-hybridized carbons (Fsp3) is 0.167. The number of aryl methyl sites for hydroxylation is 2. The lowest BCUT2D eigenvalue weighted by Crippen LogP contribution is -1.88. The molecule has 1 aromatic heterocycles. The molecule has 0 amide bonds. The van der Waals surface area contributed by atoms with Gasteiger partial charge in [0.2, 0.25) is 5.28 Å². The van der Waals surface area contributed by atoms with Crippen LogP contribution < -0.4 is 0 Å². The van der Waals surface area contributed by atoms with E-state index in [9.17, 15) is 0 Å². The van der Waals surface area contributed by atoms with Gasteiger partial charge in [0.1, 0.15) is 5.03 Å². The van der Waals surface area contributed by atoms with Crippen LogP contribution in [0.5, 0.6) is 0 Å². The Labute approximate surface area is 118 Å². The Balaban J connectivity index is 2.37. The minimum atomic E-state index is 0.265. The highest BCUT2D eigenvalue weighted by Crippen LogP contribution is 2.34. The summed E-state index contributed by atoms with van der Waals surface area (Å²) in [4.78, 5) is 9.31. The van der Waals surface area contributed by atoms with Gasteiger partial charge in [0.25, 0.3) is 0 Å². The van der Waals surface area contributed by atoms with E-state index in [4.69, 9.17) is 11.6 Å². The quantitative estimate of drug-likeness (QED) is 0.592. The van der Waals surface area contributed by atoms with Crippen LogP contribution in [0.25, 0.3) is 0 Å². The van der Waals surface area contributed by atoms with E-state index in [0.29, 0.717) is 0 Å². The van der Waals surface area contributed by atoms with E-state index in [-0.39, 0.29) is 5.28 Å². The van der Waals surface area contributed by atoms with Gasteiger partial charge in [-0.2, -0.15) is 0 Å². The minimum absolute atomic E-state index is 0.265. The van der Waals surface area contributed by atoms with Crippen LogP contribution in [0.1, 0.15) is 11.1 Å². The van der Waals surface area contributed by atoms with E-state index in [1.807, 2.05) is 0 Å². The van der Waals surface area contributed by atoms with E-state index in [1.165, 1.54) is 16.0 Å². The van der Waals surface area contributed by atoms with E-state index in [0.717, 1.165) is 9.50 Å². The van der Waals surface area contributed by atoms with Crippen LogP contribution in [0.15, 0.2) is 38.8 Å². The van der Waals surface area contributed by atoms with Crippen LogP contribution in [0.4, 0.5) is 0 Å². The van der Waals surface area contributed by atoms with Crippen LogP contribution in [0, 0.1) is 13.8 Å². The van der Waals surface area contributed by atoms with Gasteiger partial charge >= 0.3 is 0 Å². The second-order valence-corrected chi connectivity index (χ2v) is 5.89. The molecule has 0 radical (unpaired) electrons. The molecule has 5 heteroatoms. The Morgan fingerprint density at radius 1 is 1.29 bits per heavy atom. The molecule has 88 valence electrons. The molecule has 0 unspecified atom stereocenters. The Bertz CT molecular complexity index is 511. The van der Waals surface area contributed by atoms with Crippen molar-refractivity contribution in [1.29, 1.82) is 0 Å². The largest absolute Gasteiger partial charge is 0.225 e.